The molecular weight excluding hydrogens is 236 g/mol. The smallest absolute Gasteiger partial charge is 0.156 e. The maximum atomic E-state index is 4.51. The summed E-state index contributed by atoms with van der Waals surface area (Å²) in [7, 11) is 0. The molecule has 0 amide bonds. The Kier molecular flexibility index (Phi) is 3.17. The number of imidazole rings is 1. The van der Waals surface area contributed by atoms with Gasteiger partial charge in [-0.1, -0.05) is 6.08 Å². The number of rotatable bonds is 2. The third-order valence-electron chi connectivity index (χ3n) is 3.53. The molecule has 2 aromatic rings. The van der Waals surface area contributed by atoms with Gasteiger partial charge in [-0.25, -0.2) is 4.98 Å². The van der Waals surface area contributed by atoms with E-state index in [2.05, 4.69) is 38.5 Å². The Bertz CT molecular complexity index is 605. The molecule has 0 bridgehead atoms. The second-order valence-electron chi connectivity index (χ2n) is 4.92. The summed E-state index contributed by atoms with van der Waals surface area (Å²) in [6.45, 7) is 6.04. The Morgan fingerprint density at radius 3 is 2.84 bits per heavy atom. The lowest BCUT2D eigenvalue weighted by Crippen LogP contribution is -2.21. The van der Waals surface area contributed by atoms with Gasteiger partial charge in [-0.2, -0.15) is 0 Å². The summed E-state index contributed by atoms with van der Waals surface area (Å²) in [5.74, 6) is 0.848. The summed E-state index contributed by atoms with van der Waals surface area (Å²) >= 11 is 0. The molecule has 4 nitrogen and oxygen atoms in total. The Morgan fingerprint density at radius 2 is 2.16 bits per heavy atom. The molecule has 0 saturated heterocycles. The molecule has 0 aliphatic carbocycles. The minimum absolute atomic E-state index is 0.848. The van der Waals surface area contributed by atoms with Gasteiger partial charge in [-0.05, 0) is 50.1 Å². The van der Waals surface area contributed by atoms with Crippen molar-refractivity contribution in [2.45, 2.75) is 20.3 Å². The largest absolute Gasteiger partial charge is 0.341 e. The van der Waals surface area contributed by atoms with Gasteiger partial charge in [0.1, 0.15) is 5.69 Å². The van der Waals surface area contributed by atoms with Crippen molar-refractivity contribution in [3.63, 3.8) is 0 Å². The summed E-state index contributed by atoms with van der Waals surface area (Å²) in [5.41, 5.74) is 5.60. The average Bonchev–Trinajstić information content (AvgIpc) is 2.80. The van der Waals surface area contributed by atoms with Gasteiger partial charge in [0.25, 0.3) is 0 Å². The highest BCUT2D eigenvalue weighted by molar-refractivity contribution is 5.70. The highest BCUT2D eigenvalue weighted by atomic mass is 15.0. The van der Waals surface area contributed by atoms with Crippen molar-refractivity contribution in [3.8, 4) is 11.5 Å². The third kappa shape index (κ3) is 2.44. The molecular formula is C15H18N4. The normalized spacial score (nSPS) is 15.4. The van der Waals surface area contributed by atoms with Crippen LogP contribution in [-0.2, 0) is 0 Å². The Hall–Kier alpha value is -1.94. The van der Waals surface area contributed by atoms with Crippen LogP contribution in [0, 0.1) is 13.8 Å². The lowest BCUT2D eigenvalue weighted by atomic mass is 10.0. The van der Waals surface area contributed by atoms with Crippen LogP contribution in [0.1, 0.15) is 23.4 Å². The van der Waals surface area contributed by atoms with Crippen LogP contribution in [0.3, 0.4) is 0 Å². The number of hydrogen-bond donors (Lipinski definition) is 2. The lowest BCUT2D eigenvalue weighted by Gasteiger charge is -2.14. The van der Waals surface area contributed by atoms with E-state index in [1.54, 1.807) is 0 Å². The van der Waals surface area contributed by atoms with E-state index in [9.17, 15) is 0 Å². The van der Waals surface area contributed by atoms with Crippen LogP contribution < -0.4 is 5.32 Å². The number of aromatic amines is 1. The Labute approximate surface area is 113 Å². The minimum atomic E-state index is 0.848. The second-order valence-corrected chi connectivity index (χ2v) is 4.92. The van der Waals surface area contributed by atoms with Crippen molar-refractivity contribution in [3.05, 3.63) is 41.4 Å². The van der Waals surface area contributed by atoms with Crippen LogP contribution in [0.4, 0.5) is 0 Å². The van der Waals surface area contributed by atoms with Crippen LogP contribution in [-0.4, -0.2) is 28.0 Å². The number of nitrogens with zero attached hydrogens (tertiary/aromatic N) is 2. The zero-order valence-corrected chi connectivity index (χ0v) is 11.3. The number of pyridine rings is 1. The molecule has 0 fully saturated rings. The summed E-state index contributed by atoms with van der Waals surface area (Å²) in [6, 6.07) is 4.17. The van der Waals surface area contributed by atoms with E-state index >= 15 is 0 Å². The first kappa shape index (κ1) is 12.1. The molecule has 0 spiro atoms. The fourth-order valence-electron chi connectivity index (χ4n) is 2.29. The molecule has 3 rings (SSSR count). The Morgan fingerprint density at radius 1 is 1.26 bits per heavy atom. The van der Waals surface area contributed by atoms with Gasteiger partial charge in [0.15, 0.2) is 5.82 Å². The maximum absolute atomic E-state index is 4.51. The first-order chi connectivity index (χ1) is 9.24. The van der Waals surface area contributed by atoms with Gasteiger partial charge in [-0.15, -0.1) is 0 Å². The van der Waals surface area contributed by atoms with E-state index in [-0.39, 0.29) is 0 Å². The molecule has 98 valence electrons. The summed E-state index contributed by atoms with van der Waals surface area (Å²) < 4.78 is 0. The molecule has 2 aromatic heterocycles. The quantitative estimate of drug-likeness (QED) is 0.865. The summed E-state index contributed by atoms with van der Waals surface area (Å²) in [5, 5.41) is 3.39. The topological polar surface area (TPSA) is 53.6 Å². The molecule has 0 unspecified atom stereocenters. The zero-order valence-electron chi connectivity index (χ0n) is 11.3. The monoisotopic (exact) mass is 254 g/mol. The van der Waals surface area contributed by atoms with Crippen molar-refractivity contribution >= 4 is 5.57 Å². The highest BCUT2D eigenvalue weighted by Gasteiger charge is 2.10. The van der Waals surface area contributed by atoms with Gasteiger partial charge in [0, 0.05) is 18.4 Å². The van der Waals surface area contributed by atoms with E-state index in [0.29, 0.717) is 0 Å². The van der Waals surface area contributed by atoms with E-state index in [1.165, 1.54) is 11.1 Å². The third-order valence-corrected chi connectivity index (χ3v) is 3.53. The first-order valence-electron chi connectivity index (χ1n) is 6.64. The fourth-order valence-corrected chi connectivity index (χ4v) is 2.29. The number of H-pyrrole nitrogens is 1. The molecule has 0 saturated carbocycles. The van der Waals surface area contributed by atoms with Gasteiger partial charge in [-0.3, -0.25) is 4.98 Å². The lowest BCUT2D eigenvalue weighted by molar-refractivity contribution is 0.739. The Balaban J connectivity index is 1.97. The van der Waals surface area contributed by atoms with Gasteiger partial charge in [0.05, 0.1) is 5.69 Å². The van der Waals surface area contributed by atoms with Crippen molar-refractivity contribution in [1.82, 2.24) is 20.3 Å². The molecule has 0 radical (unpaired) electrons. The molecule has 2 N–H and O–H groups in total. The SMILES string of the molecule is Cc1nc(-c2cc(C3=CCCNC3)ccn2)[nH]c1C. The summed E-state index contributed by atoms with van der Waals surface area (Å²) in [6.07, 6.45) is 5.24. The number of aryl methyl sites for hydroxylation is 2. The van der Waals surface area contributed by atoms with E-state index in [4.69, 9.17) is 0 Å². The first-order valence-corrected chi connectivity index (χ1v) is 6.64. The van der Waals surface area contributed by atoms with Crippen molar-refractivity contribution in [2.24, 2.45) is 0 Å². The fraction of sp³-hybridized carbons (Fsp3) is 0.333. The van der Waals surface area contributed by atoms with Gasteiger partial charge < -0.3 is 10.3 Å². The van der Waals surface area contributed by atoms with Crippen molar-refractivity contribution < 1.29 is 0 Å². The summed E-state index contributed by atoms with van der Waals surface area (Å²) in [4.78, 5) is 12.2. The molecule has 0 aromatic carbocycles. The number of aromatic nitrogens is 3. The van der Waals surface area contributed by atoms with E-state index < -0.39 is 0 Å². The van der Waals surface area contributed by atoms with Crippen LogP contribution >= 0.6 is 0 Å². The van der Waals surface area contributed by atoms with Crippen molar-refractivity contribution in [2.75, 3.05) is 13.1 Å². The van der Waals surface area contributed by atoms with Crippen molar-refractivity contribution in [1.29, 1.82) is 0 Å². The molecule has 4 heteroatoms. The average molecular weight is 254 g/mol. The number of nitrogens with one attached hydrogen (secondary N) is 2. The van der Waals surface area contributed by atoms with Crippen LogP contribution in [0.2, 0.25) is 0 Å². The predicted molar refractivity (Wildman–Crippen MR) is 76.8 cm³/mol. The van der Waals surface area contributed by atoms with Crippen LogP contribution in [0.5, 0.6) is 0 Å². The molecule has 1 aliphatic heterocycles. The molecule has 3 heterocycles. The van der Waals surface area contributed by atoms with Gasteiger partial charge in [0.2, 0.25) is 0 Å². The molecule has 19 heavy (non-hydrogen) atoms. The molecule has 0 atom stereocenters. The number of hydrogen-bond acceptors (Lipinski definition) is 3. The van der Waals surface area contributed by atoms with E-state index in [0.717, 1.165) is 42.4 Å². The molecule has 1 aliphatic rings. The van der Waals surface area contributed by atoms with E-state index in [1.807, 2.05) is 20.0 Å². The highest BCUT2D eigenvalue weighted by Crippen LogP contribution is 2.21. The zero-order chi connectivity index (χ0) is 13.2. The van der Waals surface area contributed by atoms with Gasteiger partial charge >= 0.3 is 0 Å². The second kappa shape index (κ2) is 4.97. The van der Waals surface area contributed by atoms with Crippen LogP contribution in [0.15, 0.2) is 24.4 Å². The predicted octanol–water partition coefficient (Wildman–Crippen LogP) is 2.47. The minimum Gasteiger partial charge on any atom is -0.341 e. The van der Waals surface area contributed by atoms with Crippen LogP contribution in [0.25, 0.3) is 17.1 Å². The maximum Gasteiger partial charge on any atom is 0.156 e. The standard InChI is InChI=1S/C15H18N4/c1-10-11(2)19-15(18-10)14-8-12(5-7-17-14)13-4-3-6-16-9-13/h4-5,7-8,16H,3,6,9H2,1-2H3,(H,18,19).